The van der Waals surface area contributed by atoms with Crippen LogP contribution < -0.4 is 20.7 Å². The maximum atomic E-state index is 12.6. The van der Waals surface area contributed by atoms with E-state index in [0.29, 0.717) is 30.3 Å². The minimum Gasteiger partial charge on any atom is -0.488 e. The first-order valence-corrected chi connectivity index (χ1v) is 9.57. The first kappa shape index (κ1) is 21.1. The van der Waals surface area contributed by atoms with Crippen LogP contribution >= 0.6 is 0 Å². The number of carbonyl (C=O) groups excluding carboxylic acids is 2. The average Bonchev–Trinajstić information content (AvgIpc) is 2.66. The van der Waals surface area contributed by atoms with Crippen LogP contribution in [0.3, 0.4) is 0 Å². The number of rotatable bonds is 6. The van der Waals surface area contributed by atoms with Crippen molar-refractivity contribution in [2.75, 3.05) is 10.6 Å². The van der Waals surface area contributed by atoms with Crippen molar-refractivity contribution in [3.63, 3.8) is 0 Å². The largest absolute Gasteiger partial charge is 0.488 e. The number of anilines is 2. The van der Waals surface area contributed by atoms with Gasteiger partial charge in [-0.05, 0) is 36.1 Å². The molecule has 1 unspecified atom stereocenters. The molecule has 0 spiro atoms. The van der Waals surface area contributed by atoms with Gasteiger partial charge in [-0.25, -0.2) is 9.78 Å². The lowest BCUT2D eigenvalue weighted by Crippen LogP contribution is -2.44. The van der Waals surface area contributed by atoms with E-state index in [-0.39, 0.29) is 11.8 Å². The van der Waals surface area contributed by atoms with Crippen molar-refractivity contribution >= 4 is 29.4 Å². The van der Waals surface area contributed by atoms with Crippen molar-refractivity contribution in [3.05, 3.63) is 36.0 Å². The third-order valence-electron chi connectivity index (χ3n) is 4.53. The van der Waals surface area contributed by atoms with Gasteiger partial charge in [0.05, 0.1) is 0 Å². The third-order valence-corrected chi connectivity index (χ3v) is 4.53. The van der Waals surface area contributed by atoms with E-state index in [2.05, 4.69) is 20.9 Å². The van der Waals surface area contributed by atoms with Crippen molar-refractivity contribution in [1.29, 1.82) is 0 Å². The van der Waals surface area contributed by atoms with Crippen LogP contribution in [0.4, 0.5) is 16.3 Å². The maximum Gasteiger partial charge on any atom is 0.405 e. The van der Waals surface area contributed by atoms with Crippen LogP contribution in [0.25, 0.3) is 11.1 Å². The molecular weight excluding hydrogens is 388 g/mol. The number of carboxylic acid groups (broad SMARTS) is 1. The first-order chi connectivity index (χ1) is 14.2. The molecule has 0 bridgehead atoms. The Labute approximate surface area is 173 Å². The van der Waals surface area contributed by atoms with E-state index in [1.54, 1.807) is 24.4 Å². The van der Waals surface area contributed by atoms with Crippen molar-refractivity contribution in [1.82, 2.24) is 10.3 Å². The molecule has 3 amide bonds. The number of ether oxygens (including phenoxy) is 1. The van der Waals surface area contributed by atoms with E-state index in [9.17, 15) is 14.4 Å². The van der Waals surface area contributed by atoms with Crippen LogP contribution in [-0.4, -0.2) is 34.0 Å². The van der Waals surface area contributed by atoms with E-state index in [1.807, 2.05) is 19.9 Å². The quantitative estimate of drug-likeness (QED) is 0.576. The second-order valence-corrected chi connectivity index (χ2v) is 7.53. The number of carbonyl (C=O) groups is 3. The van der Waals surface area contributed by atoms with Crippen LogP contribution in [0, 0.1) is 5.92 Å². The molecule has 1 aliphatic rings. The third kappa shape index (κ3) is 5.05. The lowest BCUT2D eigenvalue weighted by atomic mass is 9.98. The second-order valence-electron chi connectivity index (χ2n) is 7.53. The molecule has 2 aromatic rings. The van der Waals surface area contributed by atoms with Crippen LogP contribution in [-0.2, 0) is 16.2 Å². The van der Waals surface area contributed by atoms with Gasteiger partial charge in [0.15, 0.2) is 0 Å². The molecule has 2 heterocycles. The lowest BCUT2D eigenvalue weighted by Gasteiger charge is -2.23. The van der Waals surface area contributed by atoms with Crippen LogP contribution in [0.1, 0.15) is 32.8 Å². The standard InChI is InChI=1S/C21H24N4O5/c1-11(2)6-17(25-21(28)29)20(27)24-14-4-5-15-16-8-19(23-12(3)26)22-9-13(16)10-30-18(15)7-14/h4-5,7-9,11,17,25H,6,10H2,1-3H3,(H,24,27)(H,28,29)(H,22,23,26). The van der Waals surface area contributed by atoms with E-state index in [1.165, 1.54) is 6.92 Å². The van der Waals surface area contributed by atoms with Gasteiger partial charge >= 0.3 is 6.09 Å². The number of benzene rings is 1. The summed E-state index contributed by atoms with van der Waals surface area (Å²) in [7, 11) is 0. The fourth-order valence-electron chi connectivity index (χ4n) is 3.28. The van der Waals surface area contributed by atoms with Crippen LogP contribution in [0.15, 0.2) is 30.5 Å². The molecule has 9 heteroatoms. The molecule has 0 radical (unpaired) electrons. The Morgan fingerprint density at radius 2 is 1.93 bits per heavy atom. The summed E-state index contributed by atoms with van der Waals surface area (Å²) in [6.45, 7) is 5.55. The van der Waals surface area contributed by atoms with Gasteiger partial charge in [0, 0.05) is 36.0 Å². The van der Waals surface area contributed by atoms with Crippen molar-refractivity contribution in [3.8, 4) is 16.9 Å². The van der Waals surface area contributed by atoms with Gasteiger partial charge in [-0.3, -0.25) is 9.59 Å². The van der Waals surface area contributed by atoms with E-state index >= 15 is 0 Å². The minimum absolute atomic E-state index is 0.141. The Bertz CT molecular complexity index is 989. The van der Waals surface area contributed by atoms with Gasteiger partial charge in [-0.15, -0.1) is 0 Å². The Kier molecular flexibility index (Phi) is 6.20. The summed E-state index contributed by atoms with van der Waals surface area (Å²) in [5, 5.41) is 16.7. The van der Waals surface area contributed by atoms with E-state index in [4.69, 9.17) is 9.84 Å². The molecule has 0 aliphatic carbocycles. The number of hydrogen-bond acceptors (Lipinski definition) is 5. The number of aromatic nitrogens is 1. The molecule has 0 saturated heterocycles. The first-order valence-electron chi connectivity index (χ1n) is 9.57. The number of nitrogens with zero attached hydrogens (tertiary/aromatic N) is 1. The molecule has 1 atom stereocenters. The summed E-state index contributed by atoms with van der Waals surface area (Å²) >= 11 is 0. The molecule has 0 fully saturated rings. The zero-order chi connectivity index (χ0) is 21.8. The fraction of sp³-hybridized carbons (Fsp3) is 0.333. The topological polar surface area (TPSA) is 130 Å². The zero-order valence-corrected chi connectivity index (χ0v) is 17.0. The van der Waals surface area contributed by atoms with Gasteiger partial charge < -0.3 is 25.8 Å². The number of fused-ring (bicyclic) bond motifs is 3. The molecule has 9 nitrogen and oxygen atoms in total. The maximum absolute atomic E-state index is 12.6. The van der Waals surface area contributed by atoms with Gasteiger partial charge in [0.25, 0.3) is 0 Å². The summed E-state index contributed by atoms with van der Waals surface area (Å²) in [5.74, 6) is 0.523. The summed E-state index contributed by atoms with van der Waals surface area (Å²) in [6.07, 6.45) is 0.795. The van der Waals surface area contributed by atoms with Crippen LogP contribution in [0.5, 0.6) is 5.75 Å². The number of nitrogens with one attached hydrogen (secondary N) is 3. The van der Waals surface area contributed by atoms with Gasteiger partial charge in [-0.2, -0.15) is 0 Å². The summed E-state index contributed by atoms with van der Waals surface area (Å²) < 4.78 is 5.79. The lowest BCUT2D eigenvalue weighted by molar-refractivity contribution is -0.118. The molecule has 1 aromatic heterocycles. The highest BCUT2D eigenvalue weighted by Gasteiger charge is 2.23. The molecule has 3 rings (SSSR count). The predicted molar refractivity (Wildman–Crippen MR) is 111 cm³/mol. The summed E-state index contributed by atoms with van der Waals surface area (Å²) in [6, 6.07) is 6.16. The predicted octanol–water partition coefficient (Wildman–Crippen LogP) is 3.22. The molecule has 158 valence electrons. The Balaban J connectivity index is 1.82. The number of hydrogen-bond donors (Lipinski definition) is 4. The van der Waals surface area contributed by atoms with Gasteiger partial charge in [0.2, 0.25) is 11.8 Å². The average molecular weight is 412 g/mol. The smallest absolute Gasteiger partial charge is 0.405 e. The molecule has 4 N–H and O–H groups in total. The number of amides is 3. The highest BCUT2D eigenvalue weighted by Crippen LogP contribution is 2.39. The SMILES string of the molecule is CC(=O)Nc1cc2c(cn1)COc1cc(NC(=O)C(CC(C)C)NC(=O)O)ccc1-2. The molecule has 1 aromatic carbocycles. The minimum atomic E-state index is -1.25. The fourth-order valence-corrected chi connectivity index (χ4v) is 3.28. The van der Waals surface area contributed by atoms with E-state index in [0.717, 1.165) is 16.7 Å². The second kappa shape index (κ2) is 8.81. The van der Waals surface area contributed by atoms with Crippen molar-refractivity contribution < 1.29 is 24.2 Å². The summed E-state index contributed by atoms with van der Waals surface area (Å²) in [4.78, 5) is 39.1. The zero-order valence-electron chi connectivity index (χ0n) is 17.0. The monoisotopic (exact) mass is 412 g/mol. The molecule has 0 saturated carbocycles. The van der Waals surface area contributed by atoms with Crippen LogP contribution in [0.2, 0.25) is 0 Å². The molecular formula is C21H24N4O5. The normalized spacial score (nSPS) is 12.8. The van der Waals surface area contributed by atoms with E-state index < -0.39 is 18.0 Å². The Hall–Kier alpha value is -3.62. The summed E-state index contributed by atoms with van der Waals surface area (Å²) in [5.41, 5.74) is 3.08. The van der Waals surface area contributed by atoms with Crippen molar-refractivity contribution in [2.45, 2.75) is 39.8 Å². The van der Waals surface area contributed by atoms with Crippen molar-refractivity contribution in [2.24, 2.45) is 5.92 Å². The highest BCUT2D eigenvalue weighted by molar-refractivity contribution is 5.97. The number of pyridine rings is 1. The Morgan fingerprint density at radius 3 is 2.60 bits per heavy atom. The Morgan fingerprint density at radius 1 is 1.17 bits per heavy atom. The highest BCUT2D eigenvalue weighted by atomic mass is 16.5. The van der Waals surface area contributed by atoms with Gasteiger partial charge in [-0.1, -0.05) is 13.8 Å². The van der Waals surface area contributed by atoms with Gasteiger partial charge in [0.1, 0.15) is 24.2 Å². The molecule has 1 aliphatic heterocycles. The molecule has 30 heavy (non-hydrogen) atoms.